The summed E-state index contributed by atoms with van der Waals surface area (Å²) in [4.78, 5) is 51.8. The van der Waals surface area contributed by atoms with Gasteiger partial charge in [0.05, 0.1) is 30.2 Å². The Morgan fingerprint density at radius 2 is 1.59 bits per heavy atom. The van der Waals surface area contributed by atoms with Crippen LogP contribution in [0.1, 0.15) is 40.0 Å². The van der Waals surface area contributed by atoms with Crippen LogP contribution in [-0.2, 0) is 14.3 Å². The first-order valence-electron chi connectivity index (χ1n) is 10.8. The predicted molar refractivity (Wildman–Crippen MR) is 114 cm³/mol. The lowest BCUT2D eigenvalue weighted by Gasteiger charge is -2.19. The van der Waals surface area contributed by atoms with Crippen LogP contribution in [0.2, 0.25) is 0 Å². The minimum atomic E-state index is -0.651. The Hall–Kier alpha value is -3.48. The van der Waals surface area contributed by atoms with Gasteiger partial charge in [0, 0.05) is 5.56 Å². The summed E-state index contributed by atoms with van der Waals surface area (Å²) in [6, 6.07) is 12.8. The van der Waals surface area contributed by atoms with Crippen molar-refractivity contribution >= 4 is 29.3 Å². The highest BCUT2D eigenvalue weighted by Gasteiger charge is 2.61. The van der Waals surface area contributed by atoms with Crippen molar-refractivity contribution in [2.45, 2.75) is 19.3 Å². The van der Waals surface area contributed by atoms with Gasteiger partial charge in [0.2, 0.25) is 11.8 Å². The zero-order valence-electron chi connectivity index (χ0n) is 17.7. The topological polar surface area (TPSA) is 90.0 Å². The fourth-order valence-electron chi connectivity index (χ4n) is 5.50. The second kappa shape index (κ2) is 7.89. The SMILES string of the molecule is COc1cccc(C(=O)COC(=O)c2ccc(N3C(=O)[C@H]4[C@@H]5CC[C@@H](C5)[C@@H]4C3=O)cc2)c1. The number of carbonyl (C=O) groups is 4. The Labute approximate surface area is 185 Å². The van der Waals surface area contributed by atoms with Gasteiger partial charge >= 0.3 is 5.97 Å². The Kier molecular flexibility index (Phi) is 5.04. The molecule has 2 aromatic carbocycles. The number of benzene rings is 2. The second-order valence-electron chi connectivity index (χ2n) is 8.67. The van der Waals surface area contributed by atoms with Crippen LogP contribution >= 0.6 is 0 Å². The maximum absolute atomic E-state index is 12.9. The number of hydrogen-bond donors (Lipinski definition) is 0. The molecule has 2 amide bonds. The summed E-state index contributed by atoms with van der Waals surface area (Å²) in [6.07, 6.45) is 3.04. The number of ether oxygens (including phenoxy) is 2. The maximum atomic E-state index is 12.9. The molecule has 7 nitrogen and oxygen atoms in total. The van der Waals surface area contributed by atoms with Crippen molar-refractivity contribution in [3.63, 3.8) is 0 Å². The molecule has 7 heteroatoms. The molecule has 3 aliphatic rings. The monoisotopic (exact) mass is 433 g/mol. The second-order valence-corrected chi connectivity index (χ2v) is 8.67. The van der Waals surface area contributed by atoms with Gasteiger partial charge < -0.3 is 9.47 Å². The van der Waals surface area contributed by atoms with Gasteiger partial charge in [-0.05, 0) is 67.5 Å². The van der Waals surface area contributed by atoms with E-state index in [1.807, 2.05) is 0 Å². The number of fused-ring (bicyclic) bond motifs is 5. The predicted octanol–water partition coefficient (Wildman–Crippen LogP) is 3.27. The quantitative estimate of drug-likeness (QED) is 0.395. The number of anilines is 1. The number of esters is 1. The Balaban J connectivity index is 1.24. The smallest absolute Gasteiger partial charge is 0.338 e. The lowest BCUT2D eigenvalue weighted by atomic mass is 9.81. The van der Waals surface area contributed by atoms with E-state index in [-0.39, 0.29) is 35.0 Å². The summed E-state index contributed by atoms with van der Waals surface area (Å²) in [5, 5.41) is 0. The van der Waals surface area contributed by atoms with Crippen molar-refractivity contribution in [2.24, 2.45) is 23.7 Å². The van der Waals surface area contributed by atoms with Crippen LogP contribution in [-0.4, -0.2) is 37.3 Å². The molecule has 2 bridgehead atoms. The van der Waals surface area contributed by atoms with Crippen molar-refractivity contribution in [2.75, 3.05) is 18.6 Å². The Morgan fingerprint density at radius 3 is 2.22 bits per heavy atom. The van der Waals surface area contributed by atoms with Crippen LogP contribution in [0.5, 0.6) is 5.75 Å². The van der Waals surface area contributed by atoms with E-state index in [9.17, 15) is 19.2 Å². The number of amides is 2. The average molecular weight is 433 g/mol. The summed E-state index contributed by atoms with van der Waals surface area (Å²) in [7, 11) is 1.51. The molecule has 164 valence electrons. The average Bonchev–Trinajstić information content (AvgIpc) is 3.51. The van der Waals surface area contributed by atoms with E-state index >= 15 is 0 Å². The van der Waals surface area contributed by atoms with E-state index in [1.165, 1.54) is 24.1 Å². The molecule has 2 aliphatic carbocycles. The third-order valence-electron chi connectivity index (χ3n) is 7.01. The summed E-state index contributed by atoms with van der Waals surface area (Å²) >= 11 is 0. The molecule has 0 spiro atoms. The van der Waals surface area contributed by atoms with Crippen LogP contribution < -0.4 is 9.64 Å². The van der Waals surface area contributed by atoms with Gasteiger partial charge in [-0.15, -0.1) is 0 Å². The van der Waals surface area contributed by atoms with Crippen LogP contribution in [0.3, 0.4) is 0 Å². The molecule has 1 saturated heterocycles. The summed E-state index contributed by atoms with van der Waals surface area (Å²) in [5.41, 5.74) is 1.10. The molecule has 0 unspecified atom stereocenters. The molecular formula is C25H23NO6. The first-order chi connectivity index (χ1) is 15.5. The van der Waals surface area contributed by atoms with Crippen molar-refractivity contribution in [1.82, 2.24) is 0 Å². The molecule has 0 aromatic heterocycles. The van der Waals surface area contributed by atoms with E-state index in [0.29, 0.717) is 28.8 Å². The fraction of sp³-hybridized carbons (Fsp3) is 0.360. The maximum Gasteiger partial charge on any atom is 0.338 e. The van der Waals surface area contributed by atoms with Gasteiger partial charge in [0.1, 0.15) is 5.75 Å². The summed E-state index contributed by atoms with van der Waals surface area (Å²) in [5.74, 6) is -0.420. The van der Waals surface area contributed by atoms with Crippen LogP contribution in [0.4, 0.5) is 5.69 Å². The van der Waals surface area contributed by atoms with E-state index in [2.05, 4.69) is 0 Å². The van der Waals surface area contributed by atoms with Gasteiger partial charge in [-0.25, -0.2) is 4.79 Å². The number of methoxy groups -OCH3 is 1. The van der Waals surface area contributed by atoms with Crippen molar-refractivity contribution in [1.29, 1.82) is 0 Å². The van der Waals surface area contributed by atoms with Crippen LogP contribution in [0, 0.1) is 23.7 Å². The number of carbonyl (C=O) groups excluding carboxylic acids is 4. The fourth-order valence-corrected chi connectivity index (χ4v) is 5.50. The largest absolute Gasteiger partial charge is 0.497 e. The standard InChI is InChI=1S/C25H23NO6/c1-31-19-4-2-3-15(12-19)20(27)13-32-25(30)14-7-9-18(10-8-14)26-23(28)21-16-5-6-17(11-16)22(21)24(26)29/h2-4,7-10,12,16-17,21-22H,5-6,11,13H2,1H3/t16-,17+,21-,22-/m0/s1. The van der Waals surface area contributed by atoms with Gasteiger partial charge in [-0.1, -0.05) is 12.1 Å². The number of Topliss-reactive ketones (excluding diaryl/α,β-unsaturated/α-hetero) is 1. The number of hydrogen-bond acceptors (Lipinski definition) is 6. The number of rotatable bonds is 6. The lowest BCUT2D eigenvalue weighted by Crippen LogP contribution is -2.32. The Morgan fingerprint density at radius 1 is 0.938 bits per heavy atom. The molecule has 32 heavy (non-hydrogen) atoms. The van der Waals surface area contributed by atoms with Crippen molar-refractivity contribution in [3.05, 3.63) is 59.7 Å². The van der Waals surface area contributed by atoms with Gasteiger partial charge in [0.15, 0.2) is 12.4 Å². The first kappa shape index (κ1) is 20.4. The highest BCUT2D eigenvalue weighted by Crippen LogP contribution is 2.56. The first-order valence-corrected chi connectivity index (χ1v) is 10.8. The molecule has 0 radical (unpaired) electrons. The third kappa shape index (κ3) is 3.28. The number of ketones is 1. The lowest BCUT2D eigenvalue weighted by molar-refractivity contribution is -0.123. The highest BCUT2D eigenvalue weighted by molar-refractivity contribution is 6.22. The molecule has 4 atom stereocenters. The minimum absolute atomic E-state index is 0.119. The highest BCUT2D eigenvalue weighted by atomic mass is 16.5. The molecular weight excluding hydrogens is 410 g/mol. The number of imide groups is 1. The molecule has 0 N–H and O–H groups in total. The van der Waals surface area contributed by atoms with E-state index in [1.54, 1.807) is 36.4 Å². The molecule has 2 aromatic rings. The zero-order chi connectivity index (χ0) is 22.4. The van der Waals surface area contributed by atoms with Crippen LogP contribution in [0.15, 0.2) is 48.5 Å². The van der Waals surface area contributed by atoms with E-state index < -0.39 is 12.6 Å². The number of nitrogens with zero attached hydrogens (tertiary/aromatic N) is 1. The molecule has 5 rings (SSSR count). The molecule has 1 aliphatic heterocycles. The molecule has 2 saturated carbocycles. The van der Waals surface area contributed by atoms with Crippen molar-refractivity contribution in [3.8, 4) is 5.75 Å². The van der Waals surface area contributed by atoms with Crippen molar-refractivity contribution < 1.29 is 28.7 Å². The van der Waals surface area contributed by atoms with Gasteiger partial charge in [-0.3, -0.25) is 19.3 Å². The molecule has 3 fully saturated rings. The normalized spacial score (nSPS) is 25.7. The molecule has 1 heterocycles. The van der Waals surface area contributed by atoms with Crippen LogP contribution in [0.25, 0.3) is 0 Å². The summed E-state index contributed by atoms with van der Waals surface area (Å²) in [6.45, 7) is -0.400. The Bertz CT molecular complexity index is 1080. The minimum Gasteiger partial charge on any atom is -0.497 e. The summed E-state index contributed by atoms with van der Waals surface area (Å²) < 4.78 is 10.2. The van der Waals surface area contributed by atoms with E-state index in [4.69, 9.17) is 9.47 Å². The van der Waals surface area contributed by atoms with E-state index in [0.717, 1.165) is 19.3 Å². The van der Waals surface area contributed by atoms with Gasteiger partial charge in [-0.2, -0.15) is 0 Å². The third-order valence-corrected chi connectivity index (χ3v) is 7.01. The van der Waals surface area contributed by atoms with Gasteiger partial charge in [0.25, 0.3) is 0 Å². The zero-order valence-corrected chi connectivity index (χ0v) is 17.7.